The van der Waals surface area contributed by atoms with Crippen LogP contribution in [0.3, 0.4) is 0 Å². The molecule has 0 saturated heterocycles. The number of carbonyl (C=O) groups is 1. The monoisotopic (exact) mass is 686 g/mol. The fraction of sp³-hybridized carbons (Fsp3) is 0.189. The maximum Gasteiger partial charge on any atom is 0.416 e. The molecule has 4 aromatic carbocycles. The normalized spacial score (nSPS) is 12.2. The molecule has 6 aromatic rings. The van der Waals surface area contributed by atoms with Gasteiger partial charge in [-0.15, -0.1) is 11.3 Å². The van der Waals surface area contributed by atoms with Crippen LogP contribution in [0.25, 0.3) is 16.0 Å². The van der Waals surface area contributed by atoms with E-state index in [0.717, 1.165) is 33.3 Å². The third-order valence-electron chi connectivity index (χ3n) is 8.21. The van der Waals surface area contributed by atoms with Crippen molar-refractivity contribution in [1.29, 1.82) is 0 Å². The average Bonchev–Trinajstić information content (AvgIpc) is 3.70. The van der Waals surface area contributed by atoms with E-state index in [0.29, 0.717) is 16.3 Å². The second-order valence-corrected chi connectivity index (χ2v) is 17.5. The lowest BCUT2D eigenvalue weighted by Gasteiger charge is -2.43. The highest BCUT2D eigenvalue weighted by Gasteiger charge is 2.52. The van der Waals surface area contributed by atoms with Crippen LogP contribution in [0.4, 0.5) is 13.2 Å². The quantitative estimate of drug-likeness (QED) is 0.113. The number of esters is 1. The minimum absolute atomic E-state index is 0.0493. The van der Waals surface area contributed by atoms with Crippen molar-refractivity contribution in [3.05, 3.63) is 132 Å². The summed E-state index contributed by atoms with van der Waals surface area (Å²) in [5.74, 6) is 0.106. The molecule has 0 spiro atoms. The Morgan fingerprint density at radius 3 is 2.08 bits per heavy atom. The zero-order valence-electron chi connectivity index (χ0n) is 26.7. The lowest BCUT2D eigenvalue weighted by Crippen LogP contribution is -2.68. The van der Waals surface area contributed by atoms with Crippen molar-refractivity contribution < 1.29 is 31.9 Å². The molecule has 0 saturated carbocycles. The van der Waals surface area contributed by atoms with E-state index in [2.05, 4.69) is 50.0 Å². The minimum Gasteiger partial charge on any atom is -0.534 e. The Hall–Kier alpha value is -4.87. The van der Waals surface area contributed by atoms with Crippen LogP contribution in [0.2, 0.25) is 5.04 Å². The molecule has 0 aliphatic carbocycles. The van der Waals surface area contributed by atoms with Gasteiger partial charge < -0.3 is 13.9 Å². The number of methoxy groups -OCH3 is 1. The molecular weight excluding hydrogens is 654 g/mol. The predicted octanol–water partition coefficient (Wildman–Crippen LogP) is 8.41. The Morgan fingerprint density at radius 1 is 0.854 bits per heavy atom. The first kappa shape index (κ1) is 33.0. The maximum absolute atomic E-state index is 13.6. The molecule has 2 heterocycles. The molecule has 0 N–H and O–H groups in total. The highest BCUT2D eigenvalue weighted by molar-refractivity contribution is 7.16. The van der Waals surface area contributed by atoms with Gasteiger partial charge in [0.15, 0.2) is 4.88 Å². The van der Waals surface area contributed by atoms with Crippen LogP contribution < -0.4 is 19.5 Å². The van der Waals surface area contributed by atoms with Crippen molar-refractivity contribution in [2.45, 2.75) is 38.6 Å². The third kappa shape index (κ3) is 6.23. The van der Waals surface area contributed by atoms with E-state index < -0.39 is 32.6 Å². The summed E-state index contributed by atoms with van der Waals surface area (Å²) in [5.41, 5.74) is 0.567. The Morgan fingerprint density at radius 2 is 1.48 bits per heavy atom. The number of carbonyl (C=O) groups excluding carboxylic acids is 1. The van der Waals surface area contributed by atoms with E-state index in [1.54, 1.807) is 17.0 Å². The van der Waals surface area contributed by atoms with E-state index in [1.165, 1.54) is 25.3 Å². The average molecular weight is 687 g/mol. The van der Waals surface area contributed by atoms with Crippen LogP contribution in [0, 0.1) is 0 Å². The van der Waals surface area contributed by atoms with Gasteiger partial charge in [-0.2, -0.15) is 13.2 Å². The number of halogens is 3. The highest BCUT2D eigenvalue weighted by atomic mass is 32.1. The molecule has 246 valence electrons. The molecule has 0 aliphatic rings. The number of thiophene rings is 1. The summed E-state index contributed by atoms with van der Waals surface area (Å²) in [4.78, 5) is 17.5. The maximum atomic E-state index is 13.6. The summed E-state index contributed by atoms with van der Waals surface area (Å²) in [6.07, 6.45) is -2.91. The van der Waals surface area contributed by atoms with Gasteiger partial charge in [0.1, 0.15) is 29.4 Å². The van der Waals surface area contributed by atoms with E-state index in [-0.39, 0.29) is 21.2 Å². The van der Waals surface area contributed by atoms with Crippen LogP contribution in [-0.2, 0) is 17.5 Å². The number of rotatable bonds is 9. The number of nitrogens with zero attached hydrogens (tertiary/aromatic N) is 2. The van der Waals surface area contributed by atoms with Crippen LogP contribution in [0.15, 0.2) is 116 Å². The first-order valence-electron chi connectivity index (χ1n) is 15.2. The standard InChI is InChI=1S/C37H33F3N2O4SSi/c1-36(2,3)48(27-14-7-5-8-15-27,28-16-9-6-10-17-28)46-26-19-20-30-31(21-26)42(24-41-30)33-22-32(34(47-33)35(43)44-4)45-23-25-13-11-12-18-29(25)37(38,39)40/h5-22,24H,23H2,1-4H3. The molecule has 11 heteroatoms. The van der Waals surface area contributed by atoms with Crippen molar-refractivity contribution >= 4 is 47.0 Å². The lowest BCUT2D eigenvalue weighted by molar-refractivity contribution is -0.138. The fourth-order valence-corrected chi connectivity index (χ4v) is 11.4. The van der Waals surface area contributed by atoms with Gasteiger partial charge in [-0.05, 0) is 33.6 Å². The molecular formula is C37H33F3N2O4SSi. The van der Waals surface area contributed by atoms with Crippen molar-refractivity contribution in [3.63, 3.8) is 0 Å². The van der Waals surface area contributed by atoms with Gasteiger partial charge in [0, 0.05) is 17.7 Å². The topological polar surface area (TPSA) is 62.6 Å². The van der Waals surface area contributed by atoms with Gasteiger partial charge in [-0.3, -0.25) is 4.57 Å². The van der Waals surface area contributed by atoms with E-state index in [9.17, 15) is 18.0 Å². The number of aromatic nitrogens is 2. The number of imidazole rings is 1. The lowest BCUT2D eigenvalue weighted by atomic mass is 10.1. The van der Waals surface area contributed by atoms with Gasteiger partial charge in [-0.25, -0.2) is 9.78 Å². The summed E-state index contributed by atoms with van der Waals surface area (Å²) in [6, 6.07) is 33.2. The van der Waals surface area contributed by atoms with E-state index >= 15 is 0 Å². The molecule has 48 heavy (non-hydrogen) atoms. The van der Waals surface area contributed by atoms with Crippen molar-refractivity contribution in [1.82, 2.24) is 9.55 Å². The zero-order chi connectivity index (χ0) is 34.1. The zero-order valence-corrected chi connectivity index (χ0v) is 28.6. The molecule has 0 bridgehead atoms. The largest absolute Gasteiger partial charge is 0.534 e. The Kier molecular flexibility index (Phi) is 8.93. The van der Waals surface area contributed by atoms with Crippen molar-refractivity contribution in [3.8, 4) is 16.5 Å². The SMILES string of the molecule is COC(=O)c1sc(-n2cnc3ccc(O[Si](c4ccccc4)(c4ccccc4)C(C)(C)C)cc32)cc1OCc1ccccc1C(F)(F)F. The van der Waals surface area contributed by atoms with E-state index in [1.807, 2.05) is 54.6 Å². The molecule has 2 aromatic heterocycles. The van der Waals surface area contributed by atoms with Crippen LogP contribution in [-0.4, -0.2) is 30.9 Å². The Bertz CT molecular complexity index is 2010. The van der Waals surface area contributed by atoms with Gasteiger partial charge in [0.2, 0.25) is 0 Å². The number of fused-ring (bicyclic) bond motifs is 1. The van der Waals surface area contributed by atoms with Gasteiger partial charge >= 0.3 is 20.5 Å². The third-order valence-corrected chi connectivity index (χ3v) is 14.2. The first-order valence-corrected chi connectivity index (χ1v) is 17.9. The van der Waals surface area contributed by atoms with Crippen LogP contribution in [0.1, 0.15) is 41.6 Å². The second kappa shape index (κ2) is 13.0. The van der Waals surface area contributed by atoms with Gasteiger partial charge in [-0.1, -0.05) is 99.6 Å². The summed E-state index contributed by atoms with van der Waals surface area (Å²) in [6.45, 7) is 6.22. The highest BCUT2D eigenvalue weighted by Crippen LogP contribution is 2.40. The minimum atomic E-state index is -4.55. The molecule has 6 rings (SSSR count). The van der Waals surface area contributed by atoms with Crippen LogP contribution in [0.5, 0.6) is 11.5 Å². The molecule has 6 nitrogen and oxygen atoms in total. The van der Waals surface area contributed by atoms with E-state index in [4.69, 9.17) is 13.9 Å². The summed E-state index contributed by atoms with van der Waals surface area (Å²) < 4.78 is 60.7. The molecule has 0 amide bonds. The fourth-order valence-electron chi connectivity index (χ4n) is 5.95. The molecule has 0 unspecified atom stereocenters. The van der Waals surface area contributed by atoms with Crippen molar-refractivity contribution in [2.75, 3.05) is 7.11 Å². The predicted molar refractivity (Wildman–Crippen MR) is 184 cm³/mol. The van der Waals surface area contributed by atoms with Gasteiger partial charge in [0.05, 0.1) is 23.7 Å². The smallest absolute Gasteiger partial charge is 0.416 e. The Balaban J connectivity index is 1.41. The molecule has 0 radical (unpaired) electrons. The number of hydrogen-bond acceptors (Lipinski definition) is 6. The summed E-state index contributed by atoms with van der Waals surface area (Å²) >= 11 is 1.10. The van der Waals surface area contributed by atoms with Crippen molar-refractivity contribution in [2.24, 2.45) is 0 Å². The summed E-state index contributed by atoms with van der Waals surface area (Å²) in [7, 11) is -1.69. The second-order valence-electron chi connectivity index (χ2n) is 12.2. The molecule has 0 atom stereocenters. The number of alkyl halides is 3. The number of ether oxygens (including phenoxy) is 2. The molecule has 0 aliphatic heterocycles. The number of benzene rings is 4. The number of hydrogen-bond donors (Lipinski definition) is 0. The molecule has 0 fully saturated rings. The Labute approximate surface area is 281 Å². The van der Waals surface area contributed by atoms with Gasteiger partial charge in [0.25, 0.3) is 0 Å². The van der Waals surface area contributed by atoms with Crippen LogP contribution >= 0.6 is 11.3 Å². The summed E-state index contributed by atoms with van der Waals surface area (Å²) in [5, 5.41) is 2.57. The first-order chi connectivity index (χ1) is 22.9.